The number of aromatic nitrogens is 8. The Balaban J connectivity index is 1.67. The summed E-state index contributed by atoms with van der Waals surface area (Å²) >= 11 is 0. The van der Waals surface area contributed by atoms with Crippen molar-refractivity contribution < 1.29 is 0 Å². The van der Waals surface area contributed by atoms with Crippen molar-refractivity contribution in [2.75, 3.05) is 27.2 Å². The molecule has 0 aliphatic heterocycles. The molecule has 12 nitrogen and oxygen atoms in total. The summed E-state index contributed by atoms with van der Waals surface area (Å²) in [5, 5.41) is 34.8. The fraction of sp³-hybridized carbons (Fsp3) is 0.667. The number of hydrogen-bond acceptors (Lipinski definition) is 10. The molecule has 0 N–H and O–H groups in total. The standard InChI is InChI=1S/C12H22N12/c1-21(9-5-11-15-17-19-23(11)3)13-7-8-14-22(2)10-6-12-16-18-20-24(12)4/h7-8H,5-6,9-10H2,1-4H3. The van der Waals surface area contributed by atoms with Crippen molar-refractivity contribution in [3.05, 3.63) is 11.6 Å². The number of rotatable bonds is 9. The van der Waals surface area contributed by atoms with Crippen LogP contribution in [0.1, 0.15) is 11.6 Å². The molecular weight excluding hydrogens is 312 g/mol. The lowest BCUT2D eigenvalue weighted by molar-refractivity contribution is 0.353. The molecule has 0 radical (unpaired) electrons. The van der Waals surface area contributed by atoms with Crippen molar-refractivity contribution in [3.8, 4) is 0 Å². The van der Waals surface area contributed by atoms with Gasteiger partial charge in [0.05, 0.1) is 12.4 Å². The molecule has 12 heteroatoms. The van der Waals surface area contributed by atoms with Crippen molar-refractivity contribution in [1.29, 1.82) is 0 Å². The fourth-order valence-electron chi connectivity index (χ4n) is 1.85. The second-order valence-electron chi connectivity index (χ2n) is 5.23. The van der Waals surface area contributed by atoms with Crippen LogP contribution in [0.4, 0.5) is 0 Å². The van der Waals surface area contributed by atoms with E-state index in [0.29, 0.717) is 13.1 Å². The summed E-state index contributed by atoms with van der Waals surface area (Å²) in [7, 11) is 7.41. The topological polar surface area (TPSA) is 118 Å². The van der Waals surface area contributed by atoms with E-state index >= 15 is 0 Å². The molecule has 2 heterocycles. The molecule has 2 rings (SSSR count). The molecule has 2 aromatic heterocycles. The van der Waals surface area contributed by atoms with Crippen molar-refractivity contribution in [2.45, 2.75) is 12.8 Å². The van der Waals surface area contributed by atoms with E-state index in [2.05, 4.69) is 41.3 Å². The highest BCUT2D eigenvalue weighted by atomic mass is 15.5. The molecule has 0 aromatic carbocycles. The summed E-state index contributed by atoms with van der Waals surface area (Å²) in [6.45, 7) is 1.43. The lowest BCUT2D eigenvalue weighted by atomic mass is 10.4. The van der Waals surface area contributed by atoms with Crippen LogP contribution in [0, 0.1) is 0 Å². The Kier molecular flexibility index (Phi) is 6.28. The van der Waals surface area contributed by atoms with Crippen LogP contribution in [0.3, 0.4) is 0 Å². The minimum Gasteiger partial charge on any atom is -0.300 e. The monoisotopic (exact) mass is 334 g/mol. The highest BCUT2D eigenvalue weighted by molar-refractivity contribution is 6.15. The molecule has 130 valence electrons. The summed E-state index contributed by atoms with van der Waals surface area (Å²) < 4.78 is 3.31. The van der Waals surface area contributed by atoms with Crippen molar-refractivity contribution >= 4 is 12.4 Å². The maximum absolute atomic E-state index is 4.27. The Morgan fingerprint density at radius 1 is 0.833 bits per heavy atom. The SMILES string of the molecule is CN(CCc1nnnn1C)N=CC=NN(C)CCc1nnnn1C. The maximum atomic E-state index is 4.27. The molecule has 24 heavy (non-hydrogen) atoms. The summed E-state index contributed by atoms with van der Waals surface area (Å²) in [6, 6.07) is 0. The molecule has 2 aromatic rings. The van der Waals surface area contributed by atoms with Crippen LogP contribution in [0.2, 0.25) is 0 Å². The Morgan fingerprint density at radius 2 is 1.25 bits per heavy atom. The van der Waals surface area contributed by atoms with Crippen LogP contribution in [0.25, 0.3) is 0 Å². The van der Waals surface area contributed by atoms with E-state index in [1.807, 2.05) is 38.2 Å². The Morgan fingerprint density at radius 3 is 1.58 bits per heavy atom. The second-order valence-corrected chi connectivity index (χ2v) is 5.23. The van der Waals surface area contributed by atoms with Crippen LogP contribution < -0.4 is 0 Å². The molecule has 0 bridgehead atoms. The number of nitrogens with zero attached hydrogens (tertiary/aromatic N) is 12. The molecule has 0 aliphatic carbocycles. The van der Waals surface area contributed by atoms with E-state index in [0.717, 1.165) is 24.5 Å². The molecule has 0 saturated heterocycles. The van der Waals surface area contributed by atoms with Crippen LogP contribution in [-0.2, 0) is 26.9 Å². The van der Waals surface area contributed by atoms with Gasteiger partial charge in [0.1, 0.15) is 0 Å². The van der Waals surface area contributed by atoms with Crippen molar-refractivity contribution in [2.24, 2.45) is 24.3 Å². The van der Waals surface area contributed by atoms with Gasteiger partial charge in [0.25, 0.3) is 0 Å². The van der Waals surface area contributed by atoms with E-state index in [9.17, 15) is 0 Å². The lowest BCUT2D eigenvalue weighted by Gasteiger charge is -2.12. The number of hydrazone groups is 2. The van der Waals surface area contributed by atoms with Gasteiger partial charge in [-0.15, -0.1) is 10.2 Å². The summed E-state index contributed by atoms with van der Waals surface area (Å²) in [6.07, 6.45) is 4.74. The van der Waals surface area contributed by atoms with Gasteiger partial charge in [0, 0.05) is 54.1 Å². The highest BCUT2D eigenvalue weighted by Gasteiger charge is 2.03. The number of aryl methyl sites for hydroxylation is 2. The molecule has 0 spiro atoms. The van der Waals surface area contributed by atoms with Crippen LogP contribution >= 0.6 is 0 Å². The quantitative estimate of drug-likeness (QED) is 0.395. The molecule has 0 atom stereocenters. The molecular formula is C12H22N12. The largest absolute Gasteiger partial charge is 0.300 e. The van der Waals surface area contributed by atoms with Gasteiger partial charge in [-0.2, -0.15) is 10.2 Å². The third-order valence-corrected chi connectivity index (χ3v) is 3.33. The molecule has 0 amide bonds. The lowest BCUT2D eigenvalue weighted by Crippen LogP contribution is -2.18. The summed E-state index contributed by atoms with van der Waals surface area (Å²) in [4.78, 5) is 0. The summed E-state index contributed by atoms with van der Waals surface area (Å²) in [5.74, 6) is 1.65. The van der Waals surface area contributed by atoms with E-state index in [4.69, 9.17) is 0 Å². The van der Waals surface area contributed by atoms with Gasteiger partial charge >= 0.3 is 0 Å². The average Bonchev–Trinajstić information content (AvgIpc) is 3.15. The van der Waals surface area contributed by atoms with Gasteiger partial charge in [-0.3, -0.25) is 10.0 Å². The predicted molar refractivity (Wildman–Crippen MR) is 87.2 cm³/mol. The minimum absolute atomic E-state index is 0.716. The first kappa shape index (κ1) is 17.4. The second kappa shape index (κ2) is 8.64. The number of tetrazole rings is 2. The van der Waals surface area contributed by atoms with Gasteiger partial charge in [-0.05, 0) is 20.9 Å². The third kappa shape index (κ3) is 5.37. The van der Waals surface area contributed by atoms with Crippen LogP contribution in [0.15, 0.2) is 10.2 Å². The Bertz CT molecular complexity index is 613. The average molecular weight is 334 g/mol. The number of likely N-dealkylation sites (N-methyl/N-ethyl adjacent to an activating group) is 2. The van der Waals surface area contributed by atoms with Crippen molar-refractivity contribution in [3.63, 3.8) is 0 Å². The minimum atomic E-state index is 0.716. The normalized spacial score (nSPS) is 11.7. The molecule has 0 aliphatic rings. The molecule has 0 saturated carbocycles. The van der Waals surface area contributed by atoms with Gasteiger partial charge < -0.3 is 0 Å². The zero-order valence-electron chi connectivity index (χ0n) is 14.3. The molecule has 0 unspecified atom stereocenters. The van der Waals surface area contributed by atoms with Gasteiger partial charge in [-0.1, -0.05) is 0 Å². The molecule has 0 fully saturated rings. The van der Waals surface area contributed by atoms with E-state index in [-0.39, 0.29) is 0 Å². The Hall–Kier alpha value is -2.92. The van der Waals surface area contributed by atoms with E-state index in [1.165, 1.54) is 0 Å². The van der Waals surface area contributed by atoms with Crippen LogP contribution in [0.5, 0.6) is 0 Å². The zero-order valence-corrected chi connectivity index (χ0v) is 14.3. The first-order chi connectivity index (χ1) is 11.6. The zero-order chi connectivity index (χ0) is 17.4. The Labute approximate surface area is 139 Å². The predicted octanol–water partition coefficient (Wildman–Crippen LogP) is -1.65. The van der Waals surface area contributed by atoms with E-state index < -0.39 is 0 Å². The number of hydrogen-bond donors (Lipinski definition) is 0. The summed E-state index contributed by atoms with van der Waals surface area (Å²) in [5.41, 5.74) is 0. The van der Waals surface area contributed by atoms with Gasteiger partial charge in [0.2, 0.25) is 0 Å². The van der Waals surface area contributed by atoms with Crippen molar-refractivity contribution in [1.82, 2.24) is 50.4 Å². The smallest absolute Gasteiger partial charge is 0.152 e. The fourth-order valence-corrected chi connectivity index (χ4v) is 1.85. The maximum Gasteiger partial charge on any atom is 0.152 e. The van der Waals surface area contributed by atoms with Crippen LogP contribution in [-0.4, -0.2) is 90.0 Å². The van der Waals surface area contributed by atoms with Gasteiger partial charge in [-0.25, -0.2) is 9.36 Å². The first-order valence-electron chi connectivity index (χ1n) is 7.47. The highest BCUT2D eigenvalue weighted by Crippen LogP contribution is 1.94. The van der Waals surface area contributed by atoms with Gasteiger partial charge in [0.15, 0.2) is 11.6 Å². The first-order valence-corrected chi connectivity index (χ1v) is 7.47. The van der Waals surface area contributed by atoms with E-state index in [1.54, 1.807) is 21.8 Å². The third-order valence-electron chi connectivity index (χ3n) is 3.33.